The number of nitrogens with one attached hydrogen (secondary N) is 1. The Balaban J connectivity index is 2.17. The highest BCUT2D eigenvalue weighted by atomic mass is 19.4. The Hall–Kier alpha value is -3.10. The van der Waals surface area contributed by atoms with Crippen molar-refractivity contribution in [3.05, 3.63) is 47.9 Å². The minimum Gasteiger partial charge on any atom is -0.477 e. The van der Waals surface area contributed by atoms with E-state index >= 15 is 0 Å². The van der Waals surface area contributed by atoms with Gasteiger partial charge >= 0.3 is 6.18 Å². The van der Waals surface area contributed by atoms with Gasteiger partial charge in [-0.15, -0.1) is 0 Å². The molecule has 0 bridgehead atoms. The van der Waals surface area contributed by atoms with E-state index in [1.807, 2.05) is 0 Å². The number of benzene rings is 1. The molecule has 0 saturated heterocycles. The average molecular weight is 364 g/mol. The first-order chi connectivity index (χ1) is 12.3. The Morgan fingerprint density at radius 2 is 1.88 bits per heavy atom. The van der Waals surface area contributed by atoms with E-state index in [0.717, 1.165) is 12.1 Å². The summed E-state index contributed by atoms with van der Waals surface area (Å²) in [6, 6.07) is 4.53. The molecular weight excluding hydrogens is 349 g/mol. The van der Waals surface area contributed by atoms with Crippen LogP contribution in [0.3, 0.4) is 0 Å². The van der Waals surface area contributed by atoms with Crippen molar-refractivity contribution in [1.82, 2.24) is 19.7 Å². The van der Waals surface area contributed by atoms with E-state index in [-0.39, 0.29) is 11.4 Å². The molecule has 3 aromatic rings. The van der Waals surface area contributed by atoms with E-state index in [2.05, 4.69) is 15.3 Å². The fourth-order valence-electron chi connectivity index (χ4n) is 2.44. The molecule has 26 heavy (non-hydrogen) atoms. The fourth-order valence-corrected chi connectivity index (χ4v) is 2.44. The molecule has 136 valence electrons. The molecule has 9 heteroatoms. The van der Waals surface area contributed by atoms with Crippen molar-refractivity contribution >= 4 is 11.6 Å². The smallest absolute Gasteiger partial charge is 0.416 e. The van der Waals surface area contributed by atoms with Crippen LogP contribution in [0.4, 0.5) is 13.2 Å². The summed E-state index contributed by atoms with van der Waals surface area (Å²) in [5, 5.41) is 2.47. The molecule has 0 saturated carbocycles. The third-order valence-electron chi connectivity index (χ3n) is 3.65. The van der Waals surface area contributed by atoms with Gasteiger partial charge in [0.15, 0.2) is 5.65 Å². The molecule has 3 rings (SSSR count). The van der Waals surface area contributed by atoms with Crippen LogP contribution in [0, 0.1) is 0 Å². The fraction of sp³-hybridized carbons (Fsp3) is 0.235. The molecule has 0 atom stereocenters. The van der Waals surface area contributed by atoms with Gasteiger partial charge in [-0.05, 0) is 19.1 Å². The van der Waals surface area contributed by atoms with E-state index in [9.17, 15) is 18.0 Å². The normalized spacial score (nSPS) is 11.6. The number of rotatable bonds is 4. The van der Waals surface area contributed by atoms with Crippen molar-refractivity contribution in [1.29, 1.82) is 0 Å². The summed E-state index contributed by atoms with van der Waals surface area (Å²) in [5.74, 6) is -0.0942. The topological polar surface area (TPSA) is 68.5 Å². The Labute approximate surface area is 146 Å². The zero-order chi connectivity index (χ0) is 18.9. The first-order valence-electron chi connectivity index (χ1n) is 7.75. The zero-order valence-corrected chi connectivity index (χ0v) is 14.0. The highest BCUT2D eigenvalue weighted by molar-refractivity contribution is 5.93. The maximum absolute atomic E-state index is 12.8. The van der Waals surface area contributed by atoms with Gasteiger partial charge in [-0.1, -0.05) is 12.1 Å². The lowest BCUT2D eigenvalue weighted by molar-refractivity contribution is -0.137. The first-order valence-corrected chi connectivity index (χ1v) is 7.75. The van der Waals surface area contributed by atoms with Crippen LogP contribution in [0.15, 0.2) is 36.7 Å². The maximum Gasteiger partial charge on any atom is 0.416 e. The number of halogens is 3. The Morgan fingerprint density at radius 3 is 2.46 bits per heavy atom. The van der Waals surface area contributed by atoms with Gasteiger partial charge in [-0.25, -0.2) is 4.98 Å². The number of nitrogens with zero attached hydrogens (tertiary/aromatic N) is 3. The van der Waals surface area contributed by atoms with Gasteiger partial charge in [-0.3, -0.25) is 9.20 Å². The van der Waals surface area contributed by atoms with Gasteiger partial charge in [0.05, 0.1) is 18.4 Å². The van der Waals surface area contributed by atoms with Crippen LogP contribution in [0.2, 0.25) is 0 Å². The number of alkyl halides is 3. The van der Waals surface area contributed by atoms with Crippen molar-refractivity contribution < 1.29 is 22.7 Å². The van der Waals surface area contributed by atoms with Crippen LogP contribution < -0.4 is 10.1 Å². The van der Waals surface area contributed by atoms with Gasteiger partial charge < -0.3 is 10.1 Å². The second-order valence-electron chi connectivity index (χ2n) is 5.37. The highest BCUT2D eigenvalue weighted by Gasteiger charge is 2.30. The number of aromatic nitrogens is 3. The van der Waals surface area contributed by atoms with Gasteiger partial charge in [0, 0.05) is 18.8 Å². The molecule has 2 heterocycles. The summed E-state index contributed by atoms with van der Waals surface area (Å²) in [7, 11) is 1.46. The molecule has 0 fully saturated rings. The van der Waals surface area contributed by atoms with E-state index < -0.39 is 17.6 Å². The van der Waals surface area contributed by atoms with E-state index in [0.29, 0.717) is 23.7 Å². The summed E-state index contributed by atoms with van der Waals surface area (Å²) in [5.41, 5.74) is 0.405. The van der Waals surface area contributed by atoms with E-state index in [1.165, 1.54) is 25.4 Å². The quantitative estimate of drug-likeness (QED) is 0.772. The van der Waals surface area contributed by atoms with Gasteiger partial charge in [0.25, 0.3) is 5.91 Å². The van der Waals surface area contributed by atoms with Crippen LogP contribution in [-0.4, -0.2) is 33.9 Å². The number of amides is 1. The predicted octanol–water partition coefficient (Wildman–Crippen LogP) is 3.17. The molecule has 1 amide bonds. The van der Waals surface area contributed by atoms with Crippen molar-refractivity contribution in [3.63, 3.8) is 0 Å². The summed E-state index contributed by atoms with van der Waals surface area (Å²) >= 11 is 0. The van der Waals surface area contributed by atoms with Crippen molar-refractivity contribution in [2.24, 2.45) is 0 Å². The van der Waals surface area contributed by atoms with Crippen LogP contribution in [-0.2, 0) is 6.18 Å². The molecule has 0 radical (unpaired) electrons. The van der Waals surface area contributed by atoms with Crippen molar-refractivity contribution in [3.8, 4) is 17.1 Å². The van der Waals surface area contributed by atoms with Gasteiger partial charge in [-0.2, -0.15) is 18.2 Å². The van der Waals surface area contributed by atoms with E-state index in [4.69, 9.17) is 4.74 Å². The third-order valence-corrected chi connectivity index (χ3v) is 3.65. The summed E-state index contributed by atoms with van der Waals surface area (Å²) in [6.07, 6.45) is -1.36. The second kappa shape index (κ2) is 6.66. The number of carbonyl (C=O) groups excluding carboxylic acids is 1. The lowest BCUT2D eigenvalue weighted by Crippen LogP contribution is -2.20. The third kappa shape index (κ3) is 3.32. The molecule has 0 unspecified atom stereocenters. The Morgan fingerprint density at radius 1 is 1.19 bits per heavy atom. The summed E-state index contributed by atoms with van der Waals surface area (Å²) < 4.78 is 45.3. The number of hydrogen-bond donors (Lipinski definition) is 1. The first kappa shape index (κ1) is 17.7. The SMILES string of the molecule is CCOc1cn2cc(C(=O)NC)nc(-c3ccc(C(F)(F)F)cc3)c2n1. The standard InChI is InChI=1S/C17H15F3N4O2/c1-3-26-13-9-24-8-12(16(25)21-2)22-14(15(24)23-13)10-4-6-11(7-5-10)17(18,19)20/h4-9H,3H2,1-2H3,(H,21,25). The molecular formula is C17H15F3N4O2. The zero-order valence-electron chi connectivity index (χ0n) is 14.0. The number of carbonyl (C=O) groups is 1. The lowest BCUT2D eigenvalue weighted by Gasteiger charge is -2.09. The van der Waals surface area contributed by atoms with Gasteiger partial charge in [0.2, 0.25) is 5.88 Å². The maximum atomic E-state index is 12.8. The minimum absolute atomic E-state index is 0.107. The minimum atomic E-state index is -4.43. The Bertz CT molecular complexity index is 949. The molecule has 1 aromatic carbocycles. The molecule has 0 aliphatic carbocycles. The van der Waals surface area contributed by atoms with Crippen molar-refractivity contribution in [2.45, 2.75) is 13.1 Å². The van der Waals surface area contributed by atoms with E-state index in [1.54, 1.807) is 17.5 Å². The molecule has 2 aromatic heterocycles. The molecule has 6 nitrogen and oxygen atoms in total. The predicted molar refractivity (Wildman–Crippen MR) is 88.0 cm³/mol. The summed E-state index contributed by atoms with van der Waals surface area (Å²) in [4.78, 5) is 20.5. The van der Waals surface area contributed by atoms with Crippen LogP contribution >= 0.6 is 0 Å². The van der Waals surface area contributed by atoms with Crippen LogP contribution in [0.25, 0.3) is 16.9 Å². The number of fused-ring (bicyclic) bond motifs is 1. The molecule has 0 aliphatic rings. The average Bonchev–Trinajstić information content (AvgIpc) is 3.02. The number of ether oxygens (including phenoxy) is 1. The second-order valence-corrected chi connectivity index (χ2v) is 5.37. The van der Waals surface area contributed by atoms with Crippen molar-refractivity contribution in [2.75, 3.05) is 13.7 Å². The molecule has 1 N–H and O–H groups in total. The summed E-state index contributed by atoms with van der Waals surface area (Å²) in [6.45, 7) is 2.20. The highest BCUT2D eigenvalue weighted by Crippen LogP contribution is 2.31. The Kier molecular flexibility index (Phi) is 4.54. The monoisotopic (exact) mass is 364 g/mol. The van der Waals surface area contributed by atoms with Crippen LogP contribution in [0.5, 0.6) is 5.88 Å². The molecule has 0 aliphatic heterocycles. The molecule has 0 spiro atoms. The van der Waals surface area contributed by atoms with Gasteiger partial charge in [0.1, 0.15) is 11.4 Å². The largest absolute Gasteiger partial charge is 0.477 e. The van der Waals surface area contributed by atoms with Crippen LogP contribution in [0.1, 0.15) is 23.0 Å². The number of imidazole rings is 1. The lowest BCUT2D eigenvalue weighted by atomic mass is 10.1. The number of hydrogen-bond acceptors (Lipinski definition) is 4.